The summed E-state index contributed by atoms with van der Waals surface area (Å²) in [5, 5.41) is 12.7. The number of hydrogen-bond donors (Lipinski definition) is 2. The van der Waals surface area contributed by atoms with Gasteiger partial charge in [-0.05, 0) is 81.7 Å². The van der Waals surface area contributed by atoms with Crippen molar-refractivity contribution in [3.8, 4) is 5.69 Å². The molecule has 2 aliphatic rings. The second-order valence-electron chi connectivity index (χ2n) is 5.78. The van der Waals surface area contributed by atoms with Gasteiger partial charge in [-0.2, -0.15) is 9.78 Å². The molecule has 0 aliphatic carbocycles. The topological polar surface area (TPSA) is 105 Å². The first kappa shape index (κ1) is 17.9. The van der Waals surface area contributed by atoms with E-state index in [1.165, 1.54) is 0 Å². The molecule has 0 amide bonds. The number of aromatic nitrogens is 4. The van der Waals surface area contributed by atoms with E-state index in [2.05, 4.69) is 43.5 Å². The lowest BCUT2D eigenvalue weighted by molar-refractivity contribution is -0.0324. The van der Waals surface area contributed by atoms with Crippen LogP contribution in [0.3, 0.4) is 0 Å². The van der Waals surface area contributed by atoms with Crippen molar-refractivity contribution >= 4 is 57.9 Å². The van der Waals surface area contributed by atoms with E-state index in [0.29, 0.717) is 23.5 Å². The summed E-state index contributed by atoms with van der Waals surface area (Å²) in [6.07, 6.45) is -0.124. The maximum absolute atomic E-state index is 5.87. The first-order valence-corrected chi connectivity index (χ1v) is 9.62. The predicted octanol–water partition coefficient (Wildman–Crippen LogP) is 1.28. The van der Waals surface area contributed by atoms with Crippen LogP contribution >= 0.6 is 47.0 Å². The minimum atomic E-state index is -0.501. The molecule has 2 aliphatic heterocycles. The van der Waals surface area contributed by atoms with Crippen molar-refractivity contribution in [1.29, 1.82) is 0 Å². The van der Waals surface area contributed by atoms with Gasteiger partial charge in [-0.25, -0.2) is 4.68 Å². The van der Waals surface area contributed by atoms with Gasteiger partial charge < -0.3 is 15.2 Å². The van der Waals surface area contributed by atoms with Crippen LogP contribution in [-0.4, -0.2) is 49.6 Å². The highest BCUT2D eigenvalue weighted by Crippen LogP contribution is 2.33. The van der Waals surface area contributed by atoms with Crippen LogP contribution in [0.1, 0.15) is 12.5 Å². The molecule has 0 radical (unpaired) electrons. The molecule has 12 heteroatoms. The van der Waals surface area contributed by atoms with Crippen molar-refractivity contribution in [2.75, 3.05) is 6.61 Å². The predicted molar refractivity (Wildman–Crippen MR) is 109 cm³/mol. The molecule has 2 fully saturated rings. The lowest BCUT2D eigenvalue weighted by atomic mass is 10.0. The molecule has 0 spiro atoms. The molecule has 3 heterocycles. The van der Waals surface area contributed by atoms with Gasteiger partial charge in [0.1, 0.15) is 6.10 Å². The zero-order valence-electron chi connectivity index (χ0n) is 13.3. The first-order valence-electron chi connectivity index (χ1n) is 7.72. The number of thiocarbonyl (C=S) groups is 1. The Morgan fingerprint density at radius 2 is 2.12 bits per heavy atom. The molecule has 3 atom stereocenters. The Morgan fingerprint density at radius 3 is 2.85 bits per heavy atom. The third kappa shape index (κ3) is 3.38. The van der Waals surface area contributed by atoms with Gasteiger partial charge in [-0.3, -0.25) is 5.43 Å². The quantitative estimate of drug-likeness (QED) is 0.367. The summed E-state index contributed by atoms with van der Waals surface area (Å²) in [4.78, 5) is 0. The van der Waals surface area contributed by atoms with Crippen LogP contribution in [0.4, 0.5) is 0 Å². The molecule has 9 nitrogen and oxygen atoms in total. The van der Waals surface area contributed by atoms with Crippen LogP contribution in [0.2, 0.25) is 0 Å². The van der Waals surface area contributed by atoms with Gasteiger partial charge in [0.15, 0.2) is 11.4 Å². The molecule has 2 aromatic rings. The normalized spacial score (nSPS) is 26.2. The number of benzene rings is 1. The summed E-state index contributed by atoms with van der Waals surface area (Å²) in [5.74, 6) is 0. The molecule has 1 aromatic carbocycles. The minimum Gasteiger partial charge on any atom is -0.375 e. The van der Waals surface area contributed by atoms with Crippen LogP contribution in [0.25, 0.3) is 5.69 Å². The summed E-state index contributed by atoms with van der Waals surface area (Å²) in [7, 11) is 0. The number of nitrogens with two attached hydrogens (primary N) is 1. The average Bonchev–Trinajstić information content (AvgIpc) is 3.20. The van der Waals surface area contributed by atoms with E-state index in [4.69, 9.17) is 39.6 Å². The second-order valence-corrected chi connectivity index (χ2v) is 7.84. The molecule has 2 saturated heterocycles. The van der Waals surface area contributed by atoms with E-state index in [1.54, 1.807) is 9.36 Å². The van der Waals surface area contributed by atoms with Gasteiger partial charge >= 0.3 is 0 Å². The standard InChI is InChI=1S/C14H14IN7O2S2/c15-7-1-3-8(4-2-7)21-14(26)22(20-19-21)10-5-9(17-18-13(16)25)12-23-6-11(10)24-12/h1-4,10-12H,5-6H2,(H3,16,18,25). The largest absolute Gasteiger partial charge is 0.375 e. The van der Waals surface area contributed by atoms with Crippen molar-refractivity contribution < 1.29 is 9.47 Å². The molecule has 0 saturated carbocycles. The molecular formula is C14H14IN7O2S2. The van der Waals surface area contributed by atoms with Crippen molar-refractivity contribution in [1.82, 2.24) is 25.2 Å². The number of nitrogens with zero attached hydrogens (tertiary/aromatic N) is 5. The van der Waals surface area contributed by atoms with Gasteiger partial charge in [0.2, 0.25) is 4.77 Å². The van der Waals surface area contributed by atoms with Gasteiger partial charge in [-0.1, -0.05) is 0 Å². The van der Waals surface area contributed by atoms with Crippen LogP contribution < -0.4 is 11.2 Å². The molecule has 2 bridgehead atoms. The Morgan fingerprint density at radius 1 is 1.35 bits per heavy atom. The number of tetrazole rings is 1. The number of rotatable bonds is 3. The Kier molecular flexibility index (Phi) is 5.00. The van der Waals surface area contributed by atoms with E-state index in [9.17, 15) is 0 Å². The van der Waals surface area contributed by atoms with E-state index < -0.39 is 6.29 Å². The van der Waals surface area contributed by atoms with Crippen LogP contribution in [0, 0.1) is 8.34 Å². The van der Waals surface area contributed by atoms with E-state index in [1.807, 2.05) is 24.3 Å². The van der Waals surface area contributed by atoms with Crippen LogP contribution in [0.5, 0.6) is 0 Å². The fraction of sp³-hybridized carbons (Fsp3) is 0.357. The summed E-state index contributed by atoms with van der Waals surface area (Å²) in [6.45, 7) is 0.430. The molecule has 136 valence electrons. The van der Waals surface area contributed by atoms with Gasteiger partial charge in [0, 0.05) is 9.99 Å². The molecule has 3 N–H and O–H groups in total. The Bertz CT molecular complexity index is 926. The van der Waals surface area contributed by atoms with Crippen molar-refractivity contribution in [3.63, 3.8) is 0 Å². The fourth-order valence-electron chi connectivity index (χ4n) is 2.92. The average molecular weight is 503 g/mol. The number of ether oxygens (including phenoxy) is 2. The van der Waals surface area contributed by atoms with Crippen molar-refractivity contribution in [3.05, 3.63) is 32.6 Å². The van der Waals surface area contributed by atoms with E-state index >= 15 is 0 Å². The molecule has 1 aromatic heterocycles. The molecular weight excluding hydrogens is 489 g/mol. The lowest BCUT2D eigenvalue weighted by Crippen LogP contribution is -2.39. The van der Waals surface area contributed by atoms with Gasteiger partial charge in [-0.15, -0.1) is 0 Å². The Hall–Kier alpha value is -1.48. The Labute approximate surface area is 172 Å². The number of nitrogens with one attached hydrogen (secondary N) is 1. The summed E-state index contributed by atoms with van der Waals surface area (Å²) >= 11 is 12.6. The highest BCUT2D eigenvalue weighted by molar-refractivity contribution is 14.1. The number of hydrogen-bond acceptors (Lipinski definition) is 7. The van der Waals surface area contributed by atoms with Gasteiger partial charge in [0.25, 0.3) is 0 Å². The highest BCUT2D eigenvalue weighted by Gasteiger charge is 2.44. The van der Waals surface area contributed by atoms with Crippen LogP contribution in [0.15, 0.2) is 29.4 Å². The minimum absolute atomic E-state index is 0.0791. The zero-order valence-corrected chi connectivity index (χ0v) is 17.1. The molecule has 26 heavy (non-hydrogen) atoms. The van der Waals surface area contributed by atoms with Crippen molar-refractivity contribution in [2.24, 2.45) is 10.8 Å². The second kappa shape index (κ2) is 7.26. The van der Waals surface area contributed by atoms with E-state index in [0.717, 1.165) is 9.26 Å². The zero-order chi connectivity index (χ0) is 18.3. The van der Waals surface area contributed by atoms with Crippen molar-refractivity contribution in [2.45, 2.75) is 24.9 Å². The number of halogens is 1. The molecule has 4 rings (SSSR count). The lowest BCUT2D eigenvalue weighted by Gasteiger charge is -2.27. The number of hydrazone groups is 1. The SMILES string of the molecule is NC(=S)NN=C1CC(n2nnn(-c3ccc(I)cc3)c2=S)C2COC1O2. The first-order chi connectivity index (χ1) is 12.5. The number of fused-ring (bicyclic) bond motifs is 2. The maximum atomic E-state index is 5.87. The van der Waals surface area contributed by atoms with E-state index in [-0.39, 0.29) is 17.3 Å². The van der Waals surface area contributed by atoms with Gasteiger partial charge in [0.05, 0.1) is 24.0 Å². The maximum Gasteiger partial charge on any atom is 0.221 e. The smallest absolute Gasteiger partial charge is 0.221 e. The summed E-state index contributed by atoms with van der Waals surface area (Å²) in [5.41, 5.74) is 9.52. The fourth-order valence-corrected chi connectivity index (χ4v) is 3.64. The highest BCUT2D eigenvalue weighted by atomic mass is 127. The van der Waals surface area contributed by atoms with Crippen LogP contribution in [-0.2, 0) is 9.47 Å². The monoisotopic (exact) mass is 503 g/mol. The third-order valence-electron chi connectivity index (χ3n) is 4.13. The Balaban J connectivity index is 1.65. The summed E-state index contributed by atoms with van der Waals surface area (Å²) in [6, 6.07) is 7.69. The molecule has 3 unspecified atom stereocenters. The third-order valence-corrected chi connectivity index (χ3v) is 5.30. The summed E-state index contributed by atoms with van der Waals surface area (Å²) < 4.78 is 16.4.